The molecule has 240 valence electrons. The summed E-state index contributed by atoms with van der Waals surface area (Å²) < 4.78 is 61.5. The molecule has 6 rings (SSSR count). The fourth-order valence-corrected chi connectivity index (χ4v) is 6.08. The van der Waals surface area contributed by atoms with Gasteiger partial charge in [-0.05, 0) is 54.5 Å². The van der Waals surface area contributed by atoms with Gasteiger partial charge < -0.3 is 19.1 Å². The summed E-state index contributed by atoms with van der Waals surface area (Å²) in [5, 5.41) is 0. The van der Waals surface area contributed by atoms with Crippen molar-refractivity contribution >= 4 is 23.5 Å². The van der Waals surface area contributed by atoms with E-state index in [-0.39, 0.29) is 23.9 Å². The normalized spacial score (nSPS) is 16.4. The fraction of sp³-hybridized carbons (Fsp3) is 0.353. The van der Waals surface area contributed by atoms with Crippen LogP contribution in [0.5, 0.6) is 0 Å². The number of piperidine rings is 1. The maximum atomic E-state index is 14.1. The third-order valence-corrected chi connectivity index (χ3v) is 8.56. The average molecular weight is 636 g/mol. The van der Waals surface area contributed by atoms with Crippen molar-refractivity contribution in [2.24, 2.45) is 0 Å². The van der Waals surface area contributed by atoms with Crippen molar-refractivity contribution in [2.45, 2.75) is 37.8 Å². The molecule has 0 unspecified atom stereocenters. The number of anilines is 2. The van der Waals surface area contributed by atoms with E-state index in [4.69, 9.17) is 4.42 Å². The van der Waals surface area contributed by atoms with E-state index in [0.29, 0.717) is 63.0 Å². The zero-order valence-corrected chi connectivity index (χ0v) is 25.0. The van der Waals surface area contributed by atoms with E-state index in [9.17, 15) is 27.2 Å². The number of ketones is 1. The lowest BCUT2D eigenvalue weighted by Gasteiger charge is -2.31. The first kappa shape index (κ1) is 31.3. The van der Waals surface area contributed by atoms with Crippen LogP contribution in [-0.4, -0.2) is 65.8 Å². The smallest absolute Gasteiger partial charge is 0.420 e. The number of amides is 1. The van der Waals surface area contributed by atoms with Crippen LogP contribution in [0.15, 0.2) is 77.3 Å². The van der Waals surface area contributed by atoms with Gasteiger partial charge in [-0.1, -0.05) is 48.5 Å². The number of benzene rings is 2. The molecular formula is C34H33F4N5O3. The summed E-state index contributed by atoms with van der Waals surface area (Å²) in [5.74, 6) is -1.67. The number of nitrogens with zero attached hydrogens (tertiary/aromatic N) is 5. The van der Waals surface area contributed by atoms with Crippen LogP contribution in [0.3, 0.4) is 0 Å². The SMILES string of the molecule is O=C(Cc1ccc(N2CCCN(C(=O)c3ccccc3F)CC2)nc1)c1oc(N2CCC(c3ccccc3)CC2)nc1C(F)(F)F. The van der Waals surface area contributed by atoms with Crippen LogP contribution in [-0.2, 0) is 12.6 Å². The summed E-state index contributed by atoms with van der Waals surface area (Å²) in [7, 11) is 0. The summed E-state index contributed by atoms with van der Waals surface area (Å²) in [6, 6.07) is 19.0. The topological polar surface area (TPSA) is 82.8 Å². The molecule has 0 aliphatic carbocycles. The van der Waals surface area contributed by atoms with E-state index in [2.05, 4.69) is 9.97 Å². The largest absolute Gasteiger partial charge is 0.437 e. The minimum absolute atomic E-state index is 0.0308. The Hall–Kier alpha value is -4.74. The summed E-state index contributed by atoms with van der Waals surface area (Å²) in [6.45, 7) is 2.81. The Morgan fingerprint density at radius 2 is 1.59 bits per heavy atom. The molecule has 2 aliphatic rings. The second kappa shape index (κ2) is 13.3. The first-order chi connectivity index (χ1) is 22.2. The number of hydrogen-bond acceptors (Lipinski definition) is 7. The van der Waals surface area contributed by atoms with Crippen molar-refractivity contribution in [3.05, 3.63) is 107 Å². The standard InChI is InChI=1S/C34H33F4N5O3/c35-27-10-5-4-9-26(27)32(45)42-16-6-15-41(19-20-42)29-12-11-23(22-39-29)21-28(44)30-31(34(36,37)38)40-33(46-30)43-17-13-25(14-18-43)24-7-2-1-3-8-24/h1-5,7-12,22,25H,6,13-21H2. The molecule has 4 heterocycles. The number of pyridine rings is 1. The zero-order chi connectivity index (χ0) is 32.3. The van der Waals surface area contributed by atoms with Gasteiger partial charge in [0.1, 0.15) is 11.6 Å². The predicted molar refractivity (Wildman–Crippen MR) is 164 cm³/mol. The van der Waals surface area contributed by atoms with Crippen molar-refractivity contribution in [1.29, 1.82) is 0 Å². The van der Waals surface area contributed by atoms with Crippen LogP contribution in [0, 0.1) is 5.82 Å². The highest BCUT2D eigenvalue weighted by Crippen LogP contribution is 2.37. The number of carbonyl (C=O) groups is 2. The number of rotatable bonds is 7. The van der Waals surface area contributed by atoms with Gasteiger partial charge in [0.05, 0.1) is 5.56 Å². The number of aromatic nitrogens is 2. The Morgan fingerprint density at radius 3 is 2.28 bits per heavy atom. The Kier molecular flexibility index (Phi) is 9.05. The summed E-state index contributed by atoms with van der Waals surface area (Å²) in [5.41, 5.74) is 0.327. The van der Waals surface area contributed by atoms with Gasteiger partial charge in [-0.2, -0.15) is 18.2 Å². The van der Waals surface area contributed by atoms with E-state index in [1.165, 1.54) is 30.0 Å². The molecule has 2 aromatic heterocycles. The molecule has 8 nitrogen and oxygen atoms in total. The van der Waals surface area contributed by atoms with Crippen molar-refractivity contribution < 1.29 is 31.6 Å². The number of hydrogen-bond donors (Lipinski definition) is 0. The minimum atomic E-state index is -4.86. The van der Waals surface area contributed by atoms with Crippen LogP contribution in [0.1, 0.15) is 62.9 Å². The van der Waals surface area contributed by atoms with Gasteiger partial charge in [0.25, 0.3) is 11.9 Å². The lowest BCUT2D eigenvalue weighted by Crippen LogP contribution is -2.35. The summed E-state index contributed by atoms with van der Waals surface area (Å²) in [6.07, 6.45) is -1.64. The number of Topliss-reactive ketones (excluding diaryl/α,β-unsaturated/α-hetero) is 1. The number of oxazole rings is 1. The molecule has 0 radical (unpaired) electrons. The lowest BCUT2D eigenvalue weighted by atomic mass is 9.90. The Balaban J connectivity index is 1.09. The highest BCUT2D eigenvalue weighted by atomic mass is 19.4. The molecule has 2 fully saturated rings. The Bertz CT molecular complexity index is 1670. The molecule has 12 heteroatoms. The van der Waals surface area contributed by atoms with E-state index in [0.717, 1.165) is 12.8 Å². The first-order valence-corrected chi connectivity index (χ1v) is 15.3. The Labute approximate surface area is 263 Å². The quantitative estimate of drug-likeness (QED) is 0.172. The summed E-state index contributed by atoms with van der Waals surface area (Å²) in [4.78, 5) is 39.4. The molecule has 0 saturated carbocycles. The maximum absolute atomic E-state index is 14.1. The minimum Gasteiger partial charge on any atom is -0.420 e. The third-order valence-electron chi connectivity index (χ3n) is 8.56. The maximum Gasteiger partial charge on any atom is 0.437 e. The van der Waals surface area contributed by atoms with Crippen LogP contribution in [0.2, 0.25) is 0 Å². The predicted octanol–water partition coefficient (Wildman–Crippen LogP) is 6.39. The van der Waals surface area contributed by atoms with Gasteiger partial charge in [0.2, 0.25) is 11.5 Å². The van der Waals surface area contributed by atoms with Crippen molar-refractivity contribution in [3.8, 4) is 0 Å². The lowest BCUT2D eigenvalue weighted by molar-refractivity contribution is -0.141. The molecule has 0 atom stereocenters. The van der Waals surface area contributed by atoms with Gasteiger partial charge in [-0.25, -0.2) is 9.37 Å². The average Bonchev–Trinajstić information content (AvgIpc) is 3.39. The van der Waals surface area contributed by atoms with Crippen molar-refractivity contribution in [3.63, 3.8) is 0 Å². The van der Waals surface area contributed by atoms with Gasteiger partial charge in [0, 0.05) is 51.9 Å². The van der Waals surface area contributed by atoms with E-state index < -0.39 is 29.2 Å². The fourth-order valence-electron chi connectivity index (χ4n) is 6.08. The second-order valence-electron chi connectivity index (χ2n) is 11.6. The molecule has 2 aliphatic heterocycles. The monoisotopic (exact) mass is 635 g/mol. The van der Waals surface area contributed by atoms with Gasteiger partial charge in [-0.15, -0.1) is 0 Å². The third kappa shape index (κ3) is 6.90. The van der Waals surface area contributed by atoms with Gasteiger partial charge in [-0.3, -0.25) is 9.59 Å². The second-order valence-corrected chi connectivity index (χ2v) is 11.6. The molecule has 4 aromatic rings. The highest BCUT2D eigenvalue weighted by Gasteiger charge is 2.42. The van der Waals surface area contributed by atoms with E-state index in [1.54, 1.807) is 28.0 Å². The van der Waals surface area contributed by atoms with Crippen LogP contribution < -0.4 is 9.80 Å². The number of alkyl halides is 3. The van der Waals surface area contributed by atoms with E-state index >= 15 is 0 Å². The Morgan fingerprint density at radius 1 is 0.848 bits per heavy atom. The molecule has 2 aromatic carbocycles. The molecule has 2 saturated heterocycles. The number of carbonyl (C=O) groups excluding carboxylic acids is 2. The molecule has 0 bridgehead atoms. The summed E-state index contributed by atoms with van der Waals surface area (Å²) >= 11 is 0. The number of halogens is 4. The van der Waals surface area contributed by atoms with Crippen molar-refractivity contribution in [2.75, 3.05) is 49.1 Å². The van der Waals surface area contributed by atoms with Gasteiger partial charge in [0.15, 0.2) is 5.69 Å². The molecule has 0 N–H and O–H groups in total. The van der Waals surface area contributed by atoms with Crippen LogP contribution in [0.4, 0.5) is 29.4 Å². The molecular weight excluding hydrogens is 602 g/mol. The first-order valence-electron chi connectivity index (χ1n) is 15.3. The molecule has 1 amide bonds. The van der Waals surface area contributed by atoms with Crippen molar-refractivity contribution in [1.82, 2.24) is 14.9 Å². The van der Waals surface area contributed by atoms with Crippen LogP contribution in [0.25, 0.3) is 0 Å². The van der Waals surface area contributed by atoms with E-state index in [1.807, 2.05) is 35.2 Å². The molecule has 46 heavy (non-hydrogen) atoms. The highest BCUT2D eigenvalue weighted by molar-refractivity contribution is 5.96. The molecule has 0 spiro atoms. The van der Waals surface area contributed by atoms with Crippen LogP contribution >= 0.6 is 0 Å². The van der Waals surface area contributed by atoms with Gasteiger partial charge >= 0.3 is 6.18 Å². The zero-order valence-electron chi connectivity index (χ0n) is 25.0.